The highest BCUT2D eigenvalue weighted by Gasteiger charge is 2.19. The standard InChI is InChI=1S/C28H28/c1-5-20(3)24-11-8-12-26(23-16-13-19(2)14-17-23)28(24)27-21(4)15-18-22-9-6-7-10-25(22)27/h6-18,20H,5H2,1-4H3. The first kappa shape index (κ1) is 18.5. The van der Waals surface area contributed by atoms with E-state index in [0.29, 0.717) is 5.92 Å². The fraction of sp³-hybridized carbons (Fsp3) is 0.214. The van der Waals surface area contributed by atoms with Crippen molar-refractivity contribution in [2.24, 2.45) is 0 Å². The summed E-state index contributed by atoms with van der Waals surface area (Å²) in [5.74, 6) is 0.513. The van der Waals surface area contributed by atoms with Crippen LogP contribution in [0.2, 0.25) is 0 Å². The maximum absolute atomic E-state index is 2.35. The number of fused-ring (bicyclic) bond motifs is 1. The number of aryl methyl sites for hydroxylation is 2. The molecule has 0 aromatic heterocycles. The molecule has 4 aromatic carbocycles. The number of hydrogen-bond donors (Lipinski definition) is 0. The Morgan fingerprint density at radius 2 is 1.46 bits per heavy atom. The molecule has 0 amide bonds. The van der Waals surface area contributed by atoms with E-state index in [9.17, 15) is 0 Å². The summed E-state index contributed by atoms with van der Waals surface area (Å²) in [4.78, 5) is 0. The fourth-order valence-electron chi connectivity index (χ4n) is 4.17. The second-order valence-corrected chi connectivity index (χ2v) is 7.92. The largest absolute Gasteiger partial charge is 0.0648 e. The van der Waals surface area contributed by atoms with E-state index in [1.165, 1.54) is 49.7 Å². The lowest BCUT2D eigenvalue weighted by Crippen LogP contribution is -2.00. The normalized spacial score (nSPS) is 12.3. The van der Waals surface area contributed by atoms with Crippen molar-refractivity contribution in [2.75, 3.05) is 0 Å². The minimum absolute atomic E-state index is 0.513. The highest BCUT2D eigenvalue weighted by atomic mass is 14.2. The Morgan fingerprint density at radius 3 is 2.21 bits per heavy atom. The molecule has 140 valence electrons. The van der Waals surface area contributed by atoms with E-state index >= 15 is 0 Å². The van der Waals surface area contributed by atoms with Crippen LogP contribution in [0.3, 0.4) is 0 Å². The van der Waals surface area contributed by atoms with Crippen molar-refractivity contribution < 1.29 is 0 Å². The highest BCUT2D eigenvalue weighted by Crippen LogP contribution is 2.43. The zero-order valence-electron chi connectivity index (χ0n) is 17.3. The molecule has 4 aromatic rings. The molecule has 0 spiro atoms. The quantitative estimate of drug-likeness (QED) is 0.341. The molecule has 28 heavy (non-hydrogen) atoms. The van der Waals surface area contributed by atoms with Gasteiger partial charge in [-0.15, -0.1) is 0 Å². The monoisotopic (exact) mass is 364 g/mol. The summed E-state index contributed by atoms with van der Waals surface area (Å²) in [5.41, 5.74) is 9.47. The number of benzene rings is 4. The van der Waals surface area contributed by atoms with E-state index in [1.807, 2.05) is 0 Å². The summed E-state index contributed by atoms with van der Waals surface area (Å²) in [6.45, 7) is 9.02. The second-order valence-electron chi connectivity index (χ2n) is 7.92. The van der Waals surface area contributed by atoms with Gasteiger partial charge in [0.15, 0.2) is 0 Å². The van der Waals surface area contributed by atoms with Crippen LogP contribution < -0.4 is 0 Å². The van der Waals surface area contributed by atoms with Crippen molar-refractivity contribution in [3.05, 3.63) is 95.6 Å². The predicted molar refractivity (Wildman–Crippen MR) is 123 cm³/mol. The van der Waals surface area contributed by atoms with E-state index in [-0.39, 0.29) is 0 Å². The first-order valence-corrected chi connectivity index (χ1v) is 10.3. The van der Waals surface area contributed by atoms with Crippen LogP contribution in [0.4, 0.5) is 0 Å². The molecule has 0 saturated carbocycles. The van der Waals surface area contributed by atoms with Gasteiger partial charge in [-0.1, -0.05) is 98.3 Å². The summed E-state index contributed by atoms with van der Waals surface area (Å²) in [6.07, 6.45) is 1.13. The summed E-state index contributed by atoms with van der Waals surface area (Å²) in [6, 6.07) is 29.1. The Hall–Kier alpha value is -2.86. The SMILES string of the molecule is CCC(C)c1cccc(-c2ccc(C)cc2)c1-c1c(C)ccc2ccccc12. The molecule has 0 aliphatic rings. The maximum Gasteiger partial charge on any atom is -0.00617 e. The Morgan fingerprint density at radius 1 is 0.714 bits per heavy atom. The van der Waals surface area contributed by atoms with E-state index in [0.717, 1.165) is 6.42 Å². The molecule has 0 aliphatic carbocycles. The lowest BCUT2D eigenvalue weighted by Gasteiger charge is -2.22. The van der Waals surface area contributed by atoms with Gasteiger partial charge in [-0.3, -0.25) is 0 Å². The molecule has 0 aliphatic heterocycles. The van der Waals surface area contributed by atoms with Gasteiger partial charge in [0.05, 0.1) is 0 Å². The average Bonchev–Trinajstić information content (AvgIpc) is 2.73. The molecule has 0 nitrogen and oxygen atoms in total. The Bertz CT molecular complexity index is 1120. The summed E-state index contributed by atoms with van der Waals surface area (Å²) < 4.78 is 0. The number of hydrogen-bond acceptors (Lipinski definition) is 0. The van der Waals surface area contributed by atoms with E-state index in [1.54, 1.807) is 0 Å². The molecule has 0 heteroatoms. The van der Waals surface area contributed by atoms with Crippen LogP contribution in [-0.2, 0) is 0 Å². The van der Waals surface area contributed by atoms with Gasteiger partial charge in [0.2, 0.25) is 0 Å². The zero-order valence-corrected chi connectivity index (χ0v) is 17.3. The predicted octanol–water partition coefficient (Wildman–Crippen LogP) is 8.30. The topological polar surface area (TPSA) is 0 Å². The van der Waals surface area contributed by atoms with E-state index in [4.69, 9.17) is 0 Å². The third kappa shape index (κ3) is 3.24. The Kier molecular flexibility index (Phi) is 5.05. The maximum atomic E-state index is 2.35. The van der Waals surface area contributed by atoms with Crippen LogP contribution >= 0.6 is 0 Å². The van der Waals surface area contributed by atoms with Crippen molar-refractivity contribution in [2.45, 2.75) is 40.0 Å². The molecule has 0 radical (unpaired) electrons. The molecule has 1 unspecified atom stereocenters. The van der Waals surface area contributed by atoms with E-state index < -0.39 is 0 Å². The molecular weight excluding hydrogens is 336 g/mol. The van der Waals surface area contributed by atoms with Crippen LogP contribution in [0.1, 0.15) is 42.9 Å². The van der Waals surface area contributed by atoms with Crippen LogP contribution in [-0.4, -0.2) is 0 Å². The van der Waals surface area contributed by atoms with Crippen molar-refractivity contribution in [1.82, 2.24) is 0 Å². The summed E-state index contributed by atoms with van der Waals surface area (Å²) >= 11 is 0. The smallest absolute Gasteiger partial charge is 0.00617 e. The third-order valence-electron chi connectivity index (χ3n) is 5.99. The summed E-state index contributed by atoms with van der Waals surface area (Å²) in [5, 5.41) is 2.64. The first-order valence-electron chi connectivity index (χ1n) is 10.3. The minimum atomic E-state index is 0.513. The Balaban J connectivity index is 2.11. The van der Waals surface area contributed by atoms with E-state index in [2.05, 4.69) is 107 Å². The first-order chi connectivity index (χ1) is 13.6. The molecule has 1 atom stereocenters. The van der Waals surface area contributed by atoms with Gasteiger partial charge in [0.1, 0.15) is 0 Å². The van der Waals surface area contributed by atoms with Crippen LogP contribution in [0.5, 0.6) is 0 Å². The summed E-state index contributed by atoms with van der Waals surface area (Å²) in [7, 11) is 0. The lowest BCUT2D eigenvalue weighted by molar-refractivity contribution is 0.735. The molecule has 0 fully saturated rings. The minimum Gasteiger partial charge on any atom is -0.0648 e. The highest BCUT2D eigenvalue weighted by molar-refractivity contribution is 6.03. The van der Waals surface area contributed by atoms with Crippen LogP contribution in [0.25, 0.3) is 33.0 Å². The van der Waals surface area contributed by atoms with Crippen molar-refractivity contribution >= 4 is 10.8 Å². The molecule has 0 heterocycles. The Labute approximate surface area is 168 Å². The van der Waals surface area contributed by atoms with Gasteiger partial charge >= 0.3 is 0 Å². The van der Waals surface area contributed by atoms with Gasteiger partial charge in [0.25, 0.3) is 0 Å². The zero-order chi connectivity index (χ0) is 19.7. The third-order valence-corrected chi connectivity index (χ3v) is 5.99. The van der Waals surface area contributed by atoms with Crippen molar-refractivity contribution in [3.63, 3.8) is 0 Å². The lowest BCUT2D eigenvalue weighted by atomic mass is 9.81. The van der Waals surface area contributed by atoms with Gasteiger partial charge < -0.3 is 0 Å². The van der Waals surface area contributed by atoms with Gasteiger partial charge in [-0.25, -0.2) is 0 Å². The van der Waals surface area contributed by atoms with Crippen LogP contribution in [0.15, 0.2) is 78.9 Å². The fourth-order valence-corrected chi connectivity index (χ4v) is 4.17. The number of rotatable bonds is 4. The van der Waals surface area contributed by atoms with Crippen molar-refractivity contribution in [1.29, 1.82) is 0 Å². The van der Waals surface area contributed by atoms with Crippen molar-refractivity contribution in [3.8, 4) is 22.3 Å². The van der Waals surface area contributed by atoms with Gasteiger partial charge in [-0.2, -0.15) is 0 Å². The molecular formula is C28H28. The van der Waals surface area contributed by atoms with Crippen LogP contribution in [0, 0.1) is 13.8 Å². The average molecular weight is 365 g/mol. The molecule has 0 N–H and O–H groups in total. The molecule has 0 bridgehead atoms. The molecule has 0 saturated heterocycles. The van der Waals surface area contributed by atoms with Gasteiger partial charge in [0, 0.05) is 0 Å². The van der Waals surface area contributed by atoms with Gasteiger partial charge in [-0.05, 0) is 70.3 Å². The second kappa shape index (κ2) is 7.64. The molecule has 4 rings (SSSR count).